The topological polar surface area (TPSA) is 80.0 Å². The van der Waals surface area contributed by atoms with Gasteiger partial charge in [-0.2, -0.15) is 0 Å². The second-order valence-electron chi connectivity index (χ2n) is 5.49. The lowest BCUT2D eigenvalue weighted by molar-refractivity contribution is -0.141. The van der Waals surface area contributed by atoms with E-state index in [1.54, 1.807) is 24.3 Å². The minimum atomic E-state index is -0.978. The molecule has 0 saturated carbocycles. The highest BCUT2D eigenvalue weighted by Crippen LogP contribution is 2.25. The Bertz CT molecular complexity index is 757. The van der Waals surface area contributed by atoms with Gasteiger partial charge in [0.25, 0.3) is 5.91 Å². The highest BCUT2D eigenvalue weighted by Gasteiger charge is 2.28. The number of benzene rings is 1. The van der Waals surface area contributed by atoms with E-state index >= 15 is 0 Å². The Morgan fingerprint density at radius 3 is 2.79 bits per heavy atom. The molecule has 1 saturated heterocycles. The van der Waals surface area contributed by atoms with Crippen LogP contribution < -0.4 is 0 Å². The fraction of sp³-hybridized carbons (Fsp3) is 0.294. The number of furan rings is 1. The number of ether oxygens (including phenoxy) is 1. The van der Waals surface area contributed by atoms with Crippen molar-refractivity contribution in [1.29, 1.82) is 0 Å². The Kier molecular flexibility index (Phi) is 4.61. The zero-order chi connectivity index (χ0) is 17.1. The molecule has 1 fully saturated rings. The van der Waals surface area contributed by atoms with Crippen LogP contribution in [0.2, 0.25) is 0 Å². The van der Waals surface area contributed by atoms with E-state index in [1.165, 1.54) is 17.0 Å². The summed E-state index contributed by atoms with van der Waals surface area (Å²) in [6, 6.07) is 9.18. The summed E-state index contributed by atoms with van der Waals surface area (Å²) < 4.78 is 24.6. The second-order valence-corrected chi connectivity index (χ2v) is 5.49. The molecule has 2 aromatic rings. The average Bonchev–Trinajstić information content (AvgIpc) is 3.04. The van der Waals surface area contributed by atoms with Crippen LogP contribution in [0.3, 0.4) is 0 Å². The van der Waals surface area contributed by atoms with Gasteiger partial charge in [0.1, 0.15) is 11.6 Å². The van der Waals surface area contributed by atoms with Crippen LogP contribution in [0, 0.1) is 5.82 Å². The summed E-state index contributed by atoms with van der Waals surface area (Å²) in [6.45, 7) is 0.802. The van der Waals surface area contributed by atoms with Crippen molar-refractivity contribution in [1.82, 2.24) is 4.90 Å². The van der Waals surface area contributed by atoms with Crippen molar-refractivity contribution in [2.45, 2.75) is 12.5 Å². The van der Waals surface area contributed by atoms with Crippen molar-refractivity contribution in [2.24, 2.45) is 0 Å². The Morgan fingerprint density at radius 2 is 2.04 bits per heavy atom. The lowest BCUT2D eigenvalue weighted by atomic mass is 10.1. The van der Waals surface area contributed by atoms with Gasteiger partial charge < -0.3 is 19.2 Å². The summed E-state index contributed by atoms with van der Waals surface area (Å²) in [5, 5.41) is 8.83. The van der Waals surface area contributed by atoms with Gasteiger partial charge in [-0.25, -0.2) is 4.39 Å². The summed E-state index contributed by atoms with van der Waals surface area (Å²) in [6.07, 6.45) is -0.705. The van der Waals surface area contributed by atoms with Crippen LogP contribution in [0.1, 0.15) is 17.0 Å². The van der Waals surface area contributed by atoms with Crippen LogP contribution in [0.15, 0.2) is 40.8 Å². The third-order valence-corrected chi connectivity index (χ3v) is 3.78. The summed E-state index contributed by atoms with van der Waals surface area (Å²) in [5.74, 6) is -1.42. The Labute approximate surface area is 137 Å². The molecule has 0 radical (unpaired) electrons. The quantitative estimate of drug-likeness (QED) is 0.929. The van der Waals surface area contributed by atoms with Crippen molar-refractivity contribution < 1.29 is 28.2 Å². The van der Waals surface area contributed by atoms with Crippen LogP contribution in [-0.4, -0.2) is 47.7 Å². The second kappa shape index (κ2) is 6.84. The van der Waals surface area contributed by atoms with E-state index in [-0.39, 0.29) is 42.6 Å². The maximum absolute atomic E-state index is 13.8. The van der Waals surface area contributed by atoms with Crippen LogP contribution >= 0.6 is 0 Å². The van der Waals surface area contributed by atoms with Crippen LogP contribution in [0.4, 0.5) is 4.39 Å². The van der Waals surface area contributed by atoms with Gasteiger partial charge in [-0.1, -0.05) is 12.1 Å². The number of hydrogen-bond acceptors (Lipinski definition) is 4. The van der Waals surface area contributed by atoms with Gasteiger partial charge in [-0.3, -0.25) is 9.59 Å². The molecule has 2 heterocycles. The number of carboxylic acid groups (broad SMARTS) is 1. The van der Waals surface area contributed by atoms with E-state index in [1.807, 2.05) is 0 Å². The molecule has 0 spiro atoms. The van der Waals surface area contributed by atoms with Crippen LogP contribution in [0.5, 0.6) is 0 Å². The van der Waals surface area contributed by atoms with Gasteiger partial charge in [0.2, 0.25) is 0 Å². The molecule has 3 rings (SSSR count). The zero-order valence-electron chi connectivity index (χ0n) is 12.8. The molecule has 1 aliphatic rings. The summed E-state index contributed by atoms with van der Waals surface area (Å²) in [7, 11) is 0. The largest absolute Gasteiger partial charge is 0.481 e. The highest BCUT2D eigenvalue weighted by atomic mass is 19.1. The number of carboxylic acids is 1. The lowest BCUT2D eigenvalue weighted by Gasteiger charge is -2.31. The predicted molar refractivity (Wildman–Crippen MR) is 82.0 cm³/mol. The highest BCUT2D eigenvalue weighted by molar-refractivity contribution is 5.92. The fourth-order valence-electron chi connectivity index (χ4n) is 2.64. The van der Waals surface area contributed by atoms with Crippen molar-refractivity contribution in [3.8, 4) is 11.3 Å². The monoisotopic (exact) mass is 333 g/mol. The number of carbonyl (C=O) groups is 2. The van der Waals surface area contributed by atoms with Crippen LogP contribution in [-0.2, 0) is 9.53 Å². The molecule has 126 valence electrons. The molecule has 1 amide bonds. The van der Waals surface area contributed by atoms with Gasteiger partial charge >= 0.3 is 5.97 Å². The van der Waals surface area contributed by atoms with Gasteiger partial charge in [-0.15, -0.1) is 0 Å². The minimum absolute atomic E-state index is 0.0872. The zero-order valence-corrected chi connectivity index (χ0v) is 12.8. The maximum atomic E-state index is 13.8. The third kappa shape index (κ3) is 3.46. The molecule has 0 bridgehead atoms. The van der Waals surface area contributed by atoms with E-state index in [0.29, 0.717) is 6.54 Å². The molecule has 1 aliphatic heterocycles. The van der Waals surface area contributed by atoms with Gasteiger partial charge in [0.15, 0.2) is 5.76 Å². The first-order valence-corrected chi connectivity index (χ1v) is 7.52. The average molecular weight is 333 g/mol. The van der Waals surface area contributed by atoms with Crippen molar-refractivity contribution in [3.63, 3.8) is 0 Å². The van der Waals surface area contributed by atoms with E-state index in [4.69, 9.17) is 14.3 Å². The van der Waals surface area contributed by atoms with Crippen molar-refractivity contribution in [3.05, 3.63) is 48.0 Å². The number of rotatable bonds is 4. The third-order valence-electron chi connectivity index (χ3n) is 3.78. The van der Waals surface area contributed by atoms with Crippen molar-refractivity contribution >= 4 is 11.9 Å². The molecule has 7 heteroatoms. The molecule has 1 atom stereocenters. The number of halogens is 1. The first kappa shape index (κ1) is 16.2. The first-order chi connectivity index (χ1) is 11.5. The van der Waals surface area contributed by atoms with Gasteiger partial charge in [0, 0.05) is 13.1 Å². The van der Waals surface area contributed by atoms with Gasteiger partial charge in [0.05, 0.1) is 24.7 Å². The molecule has 6 nitrogen and oxygen atoms in total. The number of carbonyl (C=O) groups excluding carboxylic acids is 1. The van der Waals surface area contributed by atoms with Crippen molar-refractivity contribution in [2.75, 3.05) is 19.7 Å². The molecule has 1 aromatic carbocycles. The number of aliphatic carboxylic acids is 1. The summed E-state index contributed by atoms with van der Waals surface area (Å²) >= 11 is 0. The number of hydrogen-bond donors (Lipinski definition) is 1. The SMILES string of the molecule is O=C(O)CC1CN(C(=O)c2ccc(-c3ccccc3F)o2)CCO1. The smallest absolute Gasteiger partial charge is 0.306 e. The maximum Gasteiger partial charge on any atom is 0.306 e. The molecular formula is C17H16FNO5. The molecule has 24 heavy (non-hydrogen) atoms. The Morgan fingerprint density at radius 1 is 1.25 bits per heavy atom. The van der Waals surface area contributed by atoms with E-state index < -0.39 is 17.9 Å². The van der Waals surface area contributed by atoms with E-state index in [9.17, 15) is 14.0 Å². The number of morpholine rings is 1. The number of amides is 1. The number of nitrogens with zero attached hydrogens (tertiary/aromatic N) is 1. The molecule has 1 unspecified atom stereocenters. The molecular weight excluding hydrogens is 317 g/mol. The summed E-state index contributed by atoms with van der Waals surface area (Å²) in [4.78, 5) is 24.8. The Hall–Kier alpha value is -2.67. The van der Waals surface area contributed by atoms with E-state index in [2.05, 4.69) is 0 Å². The molecule has 1 aromatic heterocycles. The lowest BCUT2D eigenvalue weighted by Crippen LogP contribution is -2.46. The van der Waals surface area contributed by atoms with Crippen LogP contribution in [0.25, 0.3) is 11.3 Å². The normalized spacial score (nSPS) is 17.7. The fourth-order valence-corrected chi connectivity index (χ4v) is 2.64. The summed E-state index contributed by atoms with van der Waals surface area (Å²) in [5.41, 5.74) is 0.280. The van der Waals surface area contributed by atoms with E-state index in [0.717, 1.165) is 0 Å². The first-order valence-electron chi connectivity index (χ1n) is 7.52. The molecule has 1 N–H and O–H groups in total. The van der Waals surface area contributed by atoms with Gasteiger partial charge in [-0.05, 0) is 24.3 Å². The Balaban J connectivity index is 1.74. The minimum Gasteiger partial charge on any atom is -0.481 e. The molecule has 0 aliphatic carbocycles. The standard InChI is InChI=1S/C17H16FNO5/c18-13-4-2-1-3-12(13)14-5-6-15(24-14)17(22)19-7-8-23-11(10-19)9-16(20)21/h1-6,11H,7-10H2,(H,20,21). The predicted octanol–water partition coefficient (Wildman–Crippen LogP) is 2.40.